The molecule has 5 heteroatoms. The maximum Gasteiger partial charge on any atom is 0.239 e. The van der Waals surface area contributed by atoms with Crippen molar-refractivity contribution in [2.75, 3.05) is 19.2 Å². The Hall–Kier alpha value is -1.10. The summed E-state index contributed by atoms with van der Waals surface area (Å²) in [4.78, 5) is 13.0. The third-order valence-electron chi connectivity index (χ3n) is 3.09. The molecule has 0 aromatic heterocycles. The average molecular weight is 270 g/mol. The number of halogens is 1. The van der Waals surface area contributed by atoms with Crippen LogP contribution in [0.4, 0.5) is 0 Å². The van der Waals surface area contributed by atoms with E-state index in [0.29, 0.717) is 6.54 Å². The van der Waals surface area contributed by atoms with Crippen molar-refractivity contribution in [2.24, 2.45) is 0 Å². The number of aliphatic hydroxyl groups excluding tert-OH is 1. The van der Waals surface area contributed by atoms with Crippen molar-refractivity contribution < 1.29 is 14.6 Å². The monoisotopic (exact) mass is 269 g/mol. The number of amides is 1. The molecule has 18 heavy (non-hydrogen) atoms. The minimum absolute atomic E-state index is 0.000770. The number of ether oxygens (including phenoxy) is 1. The highest BCUT2D eigenvalue weighted by molar-refractivity contribution is 6.27. The lowest BCUT2D eigenvalue weighted by Gasteiger charge is -2.32. The van der Waals surface area contributed by atoms with Crippen LogP contribution in [-0.2, 0) is 16.1 Å². The zero-order valence-electron chi connectivity index (χ0n) is 10.0. The van der Waals surface area contributed by atoms with Gasteiger partial charge in [-0.3, -0.25) is 4.79 Å². The van der Waals surface area contributed by atoms with Gasteiger partial charge in [0.25, 0.3) is 0 Å². The lowest BCUT2D eigenvalue weighted by Crippen LogP contribution is -2.39. The van der Waals surface area contributed by atoms with Crippen LogP contribution in [0.1, 0.15) is 23.7 Å². The van der Waals surface area contributed by atoms with Gasteiger partial charge in [-0.1, -0.05) is 24.3 Å². The fraction of sp³-hybridized carbons (Fsp3) is 0.462. The first-order valence-electron chi connectivity index (χ1n) is 5.89. The number of hydrogen-bond acceptors (Lipinski definition) is 3. The molecular weight excluding hydrogens is 254 g/mol. The second kappa shape index (κ2) is 6.18. The predicted octanol–water partition coefficient (Wildman–Crippen LogP) is 1.67. The van der Waals surface area contributed by atoms with E-state index in [2.05, 4.69) is 0 Å². The van der Waals surface area contributed by atoms with Crippen molar-refractivity contribution in [3.63, 3.8) is 0 Å². The van der Waals surface area contributed by atoms with E-state index < -0.39 is 0 Å². The molecule has 1 N–H and O–H groups in total. The third-order valence-corrected chi connectivity index (χ3v) is 3.32. The summed E-state index contributed by atoms with van der Waals surface area (Å²) in [5, 5.41) is 8.97. The van der Waals surface area contributed by atoms with Gasteiger partial charge in [-0.15, -0.1) is 11.6 Å². The molecule has 1 amide bonds. The summed E-state index contributed by atoms with van der Waals surface area (Å²) in [6, 6.07) is 7.68. The Kier molecular flexibility index (Phi) is 4.58. The van der Waals surface area contributed by atoms with E-state index in [1.54, 1.807) is 4.90 Å². The molecule has 2 rings (SSSR count). The zero-order valence-corrected chi connectivity index (χ0v) is 10.8. The molecule has 0 saturated carbocycles. The van der Waals surface area contributed by atoms with Gasteiger partial charge in [0.05, 0.1) is 12.7 Å². The molecule has 1 saturated heterocycles. The van der Waals surface area contributed by atoms with Crippen molar-refractivity contribution in [3.8, 4) is 0 Å². The number of carbonyl (C=O) groups excluding carboxylic acids is 1. The van der Waals surface area contributed by atoms with E-state index in [1.807, 2.05) is 24.3 Å². The molecule has 0 radical (unpaired) electrons. The molecule has 1 unspecified atom stereocenters. The van der Waals surface area contributed by atoms with Crippen molar-refractivity contribution in [3.05, 3.63) is 35.4 Å². The Labute approximate surface area is 111 Å². The molecule has 98 valence electrons. The minimum atomic E-state index is -0.0919. The normalized spacial score (nSPS) is 19.9. The van der Waals surface area contributed by atoms with Gasteiger partial charge < -0.3 is 14.7 Å². The smallest absolute Gasteiger partial charge is 0.239 e. The van der Waals surface area contributed by atoms with Gasteiger partial charge in [0.15, 0.2) is 0 Å². The summed E-state index contributed by atoms with van der Waals surface area (Å²) in [5.41, 5.74) is 1.96. The van der Waals surface area contributed by atoms with Gasteiger partial charge in [0.1, 0.15) is 12.6 Å². The molecule has 0 aliphatic carbocycles. The van der Waals surface area contributed by atoms with E-state index in [-0.39, 0.29) is 31.2 Å². The second-order valence-corrected chi connectivity index (χ2v) is 4.53. The maximum atomic E-state index is 11.4. The van der Waals surface area contributed by atoms with Gasteiger partial charge in [-0.2, -0.15) is 0 Å². The molecule has 0 spiro atoms. The highest BCUT2D eigenvalue weighted by Crippen LogP contribution is 2.25. The first-order chi connectivity index (χ1) is 8.74. The maximum absolute atomic E-state index is 11.4. The van der Waals surface area contributed by atoms with Gasteiger partial charge in [-0.25, -0.2) is 0 Å². The molecule has 1 aliphatic rings. The summed E-state index contributed by atoms with van der Waals surface area (Å²) in [6.07, 6.45) is 0.776. The summed E-state index contributed by atoms with van der Waals surface area (Å²) in [6.45, 7) is 1.000. The highest BCUT2D eigenvalue weighted by atomic mass is 35.5. The average Bonchev–Trinajstić information content (AvgIpc) is 2.47. The molecule has 1 aromatic carbocycles. The third kappa shape index (κ3) is 3.02. The van der Waals surface area contributed by atoms with Crippen molar-refractivity contribution in [1.82, 2.24) is 4.90 Å². The van der Waals surface area contributed by atoms with Crippen LogP contribution in [0.3, 0.4) is 0 Å². The van der Waals surface area contributed by atoms with E-state index in [4.69, 9.17) is 21.4 Å². The predicted molar refractivity (Wildman–Crippen MR) is 68.1 cm³/mol. The molecule has 1 atom stereocenters. The number of nitrogens with zero attached hydrogens (tertiary/aromatic N) is 1. The molecular formula is C13H16ClNO3. The van der Waals surface area contributed by atoms with Gasteiger partial charge in [0.2, 0.25) is 5.91 Å². The van der Waals surface area contributed by atoms with E-state index in [0.717, 1.165) is 17.5 Å². The van der Waals surface area contributed by atoms with Crippen LogP contribution in [0.2, 0.25) is 0 Å². The quantitative estimate of drug-likeness (QED) is 0.849. The van der Waals surface area contributed by atoms with E-state index in [9.17, 15) is 4.79 Å². The molecule has 4 nitrogen and oxygen atoms in total. The lowest BCUT2D eigenvalue weighted by atomic mass is 10.0. The summed E-state index contributed by atoms with van der Waals surface area (Å²) < 4.78 is 5.66. The van der Waals surface area contributed by atoms with Crippen LogP contribution in [0, 0.1) is 0 Å². The number of carbonyl (C=O) groups is 1. The number of benzene rings is 1. The fourth-order valence-electron chi connectivity index (χ4n) is 1.98. The van der Waals surface area contributed by atoms with E-state index >= 15 is 0 Å². The van der Waals surface area contributed by atoms with Crippen LogP contribution in [0.5, 0.6) is 0 Å². The molecule has 1 heterocycles. The van der Waals surface area contributed by atoms with Crippen LogP contribution >= 0.6 is 11.6 Å². The summed E-state index contributed by atoms with van der Waals surface area (Å²) in [5.74, 6) is -0.0927. The Balaban J connectivity index is 1.94. The lowest BCUT2D eigenvalue weighted by molar-refractivity contribution is -0.143. The standard InChI is InChI=1S/C13H16ClNO3/c14-7-13(17)15-6-5-12(18-9-15)11-3-1-10(8-16)2-4-11/h1-4,12,16H,5-9H2. The molecule has 0 bridgehead atoms. The van der Waals surface area contributed by atoms with Crippen LogP contribution in [-0.4, -0.2) is 35.1 Å². The number of rotatable bonds is 3. The SMILES string of the molecule is O=C(CCl)N1CCC(c2ccc(CO)cc2)OC1. The summed E-state index contributed by atoms with van der Waals surface area (Å²) >= 11 is 5.50. The van der Waals surface area contributed by atoms with Gasteiger partial charge in [0, 0.05) is 6.54 Å². The Morgan fingerprint density at radius 2 is 2.17 bits per heavy atom. The first-order valence-corrected chi connectivity index (χ1v) is 6.43. The largest absolute Gasteiger partial charge is 0.392 e. The second-order valence-electron chi connectivity index (χ2n) is 4.26. The Morgan fingerprint density at radius 3 is 2.67 bits per heavy atom. The number of hydrogen-bond donors (Lipinski definition) is 1. The number of alkyl halides is 1. The fourth-order valence-corrected chi connectivity index (χ4v) is 2.15. The molecule has 1 aromatic rings. The van der Waals surface area contributed by atoms with Crippen molar-refractivity contribution >= 4 is 17.5 Å². The minimum Gasteiger partial charge on any atom is -0.392 e. The van der Waals surface area contributed by atoms with Gasteiger partial charge in [-0.05, 0) is 17.5 Å². The van der Waals surface area contributed by atoms with Crippen LogP contribution in [0.15, 0.2) is 24.3 Å². The summed E-state index contributed by atoms with van der Waals surface area (Å²) in [7, 11) is 0. The first kappa shape index (κ1) is 13.3. The van der Waals surface area contributed by atoms with E-state index in [1.165, 1.54) is 0 Å². The highest BCUT2D eigenvalue weighted by Gasteiger charge is 2.23. The number of aliphatic hydroxyl groups is 1. The Morgan fingerprint density at radius 1 is 1.44 bits per heavy atom. The topological polar surface area (TPSA) is 49.8 Å². The van der Waals surface area contributed by atoms with Crippen molar-refractivity contribution in [2.45, 2.75) is 19.1 Å². The molecule has 1 aliphatic heterocycles. The Bertz CT molecular complexity index is 399. The van der Waals surface area contributed by atoms with Crippen LogP contribution < -0.4 is 0 Å². The van der Waals surface area contributed by atoms with Crippen molar-refractivity contribution in [1.29, 1.82) is 0 Å². The van der Waals surface area contributed by atoms with Gasteiger partial charge >= 0.3 is 0 Å². The zero-order chi connectivity index (χ0) is 13.0. The molecule has 1 fully saturated rings. The van der Waals surface area contributed by atoms with Crippen LogP contribution in [0.25, 0.3) is 0 Å².